The van der Waals surface area contributed by atoms with E-state index in [9.17, 15) is 8.78 Å². The third-order valence-corrected chi connectivity index (χ3v) is 1.70. The molecule has 0 fully saturated rings. The van der Waals surface area contributed by atoms with Crippen LogP contribution >= 0.6 is 0 Å². The molecule has 0 aromatic carbocycles. The Kier molecular flexibility index (Phi) is 2.47. The smallest absolute Gasteiger partial charge is 0.294 e. The molecular formula is C9H14F2O2. The summed E-state index contributed by atoms with van der Waals surface area (Å²) in [5, 5.41) is 9.14. The first-order valence-corrected chi connectivity index (χ1v) is 4.15. The lowest BCUT2D eigenvalue weighted by Gasteiger charge is -2.27. The standard InChI is InChI=1S/C9H14F2O2/c1-8(2,3)13-6-4-5-9(10,11)7(6)12/h4-7,12H,1-3H3. The first-order valence-electron chi connectivity index (χ1n) is 4.15. The predicted molar refractivity (Wildman–Crippen MR) is 44.7 cm³/mol. The van der Waals surface area contributed by atoms with E-state index in [0.717, 1.165) is 0 Å². The third-order valence-electron chi connectivity index (χ3n) is 1.70. The number of rotatable bonds is 1. The molecule has 0 amide bonds. The van der Waals surface area contributed by atoms with Crippen LogP contribution in [0.3, 0.4) is 0 Å². The molecule has 0 radical (unpaired) electrons. The zero-order valence-electron chi connectivity index (χ0n) is 7.92. The highest BCUT2D eigenvalue weighted by molar-refractivity contribution is 5.15. The molecule has 1 aliphatic carbocycles. The van der Waals surface area contributed by atoms with E-state index in [2.05, 4.69) is 0 Å². The molecule has 2 atom stereocenters. The minimum absolute atomic E-state index is 0.531. The van der Waals surface area contributed by atoms with Gasteiger partial charge >= 0.3 is 0 Å². The summed E-state index contributed by atoms with van der Waals surface area (Å²) in [7, 11) is 0. The highest BCUT2D eigenvalue weighted by Crippen LogP contribution is 2.32. The van der Waals surface area contributed by atoms with Gasteiger partial charge in [0.25, 0.3) is 5.92 Å². The number of ether oxygens (including phenoxy) is 1. The Balaban J connectivity index is 2.62. The Labute approximate surface area is 76.2 Å². The molecule has 0 heterocycles. The van der Waals surface area contributed by atoms with Crippen molar-refractivity contribution < 1.29 is 18.6 Å². The van der Waals surface area contributed by atoms with Crippen LogP contribution in [0.2, 0.25) is 0 Å². The van der Waals surface area contributed by atoms with Gasteiger partial charge in [-0.25, -0.2) is 0 Å². The molecule has 0 aliphatic heterocycles. The van der Waals surface area contributed by atoms with Crippen molar-refractivity contribution in [3.05, 3.63) is 12.2 Å². The van der Waals surface area contributed by atoms with Gasteiger partial charge in [0.1, 0.15) is 6.10 Å². The van der Waals surface area contributed by atoms with Crippen LogP contribution in [0.1, 0.15) is 20.8 Å². The van der Waals surface area contributed by atoms with Crippen molar-refractivity contribution in [3.63, 3.8) is 0 Å². The Morgan fingerprint density at radius 1 is 1.38 bits per heavy atom. The molecule has 0 bridgehead atoms. The summed E-state index contributed by atoms with van der Waals surface area (Å²) in [6.07, 6.45) is -0.772. The lowest BCUT2D eigenvalue weighted by molar-refractivity contribution is -0.144. The first kappa shape index (κ1) is 10.6. The minimum atomic E-state index is -3.16. The van der Waals surface area contributed by atoms with E-state index >= 15 is 0 Å². The van der Waals surface area contributed by atoms with Crippen molar-refractivity contribution in [3.8, 4) is 0 Å². The fourth-order valence-electron chi connectivity index (χ4n) is 1.16. The minimum Gasteiger partial charge on any atom is -0.383 e. The van der Waals surface area contributed by atoms with Gasteiger partial charge in [-0.05, 0) is 26.8 Å². The molecule has 0 spiro atoms. The van der Waals surface area contributed by atoms with E-state index in [1.807, 2.05) is 0 Å². The summed E-state index contributed by atoms with van der Waals surface area (Å²) in [6, 6.07) is 0. The van der Waals surface area contributed by atoms with Crippen molar-refractivity contribution in [1.82, 2.24) is 0 Å². The van der Waals surface area contributed by atoms with Crippen molar-refractivity contribution >= 4 is 0 Å². The molecule has 1 aliphatic rings. The van der Waals surface area contributed by atoms with Crippen LogP contribution in [0.5, 0.6) is 0 Å². The Morgan fingerprint density at radius 3 is 2.23 bits per heavy atom. The van der Waals surface area contributed by atoms with Gasteiger partial charge in [0, 0.05) is 0 Å². The van der Waals surface area contributed by atoms with Gasteiger partial charge in [-0.2, -0.15) is 8.78 Å². The maximum absolute atomic E-state index is 12.7. The third kappa shape index (κ3) is 2.48. The van der Waals surface area contributed by atoms with E-state index in [4.69, 9.17) is 9.84 Å². The van der Waals surface area contributed by atoms with E-state index in [1.165, 1.54) is 6.08 Å². The molecule has 0 saturated heterocycles. The van der Waals surface area contributed by atoms with Crippen LogP contribution in [0, 0.1) is 0 Å². The maximum Gasteiger partial charge on any atom is 0.294 e. The molecule has 76 valence electrons. The van der Waals surface area contributed by atoms with Crippen molar-refractivity contribution in [2.75, 3.05) is 0 Å². The Morgan fingerprint density at radius 2 is 1.92 bits per heavy atom. The largest absolute Gasteiger partial charge is 0.383 e. The molecule has 0 aromatic heterocycles. The molecule has 13 heavy (non-hydrogen) atoms. The summed E-state index contributed by atoms with van der Waals surface area (Å²) in [5.74, 6) is -3.16. The number of halogens is 2. The predicted octanol–water partition coefficient (Wildman–Crippen LogP) is 1.74. The van der Waals surface area contributed by atoms with Gasteiger partial charge in [-0.1, -0.05) is 6.08 Å². The van der Waals surface area contributed by atoms with Crippen molar-refractivity contribution in [2.24, 2.45) is 0 Å². The molecule has 1 N–H and O–H groups in total. The van der Waals surface area contributed by atoms with E-state index in [1.54, 1.807) is 20.8 Å². The SMILES string of the molecule is CC(C)(C)OC1C=CC(F)(F)C1O. The number of hydrogen-bond acceptors (Lipinski definition) is 2. The van der Waals surface area contributed by atoms with Crippen molar-refractivity contribution in [2.45, 2.75) is 44.5 Å². The summed E-state index contributed by atoms with van der Waals surface area (Å²) in [4.78, 5) is 0. The summed E-state index contributed by atoms with van der Waals surface area (Å²) in [5.41, 5.74) is -0.531. The van der Waals surface area contributed by atoms with E-state index < -0.39 is 23.7 Å². The molecule has 2 nitrogen and oxygen atoms in total. The molecule has 2 unspecified atom stereocenters. The molecule has 0 saturated carbocycles. The van der Waals surface area contributed by atoms with Crippen molar-refractivity contribution in [1.29, 1.82) is 0 Å². The van der Waals surface area contributed by atoms with Crippen LogP contribution in [-0.2, 0) is 4.74 Å². The topological polar surface area (TPSA) is 29.5 Å². The maximum atomic E-state index is 12.7. The second-order valence-corrected chi connectivity index (χ2v) is 4.17. The van der Waals surface area contributed by atoms with Crippen LogP contribution < -0.4 is 0 Å². The van der Waals surface area contributed by atoms with Gasteiger partial charge < -0.3 is 9.84 Å². The molecular weight excluding hydrogens is 178 g/mol. The number of hydrogen-bond donors (Lipinski definition) is 1. The fraction of sp³-hybridized carbons (Fsp3) is 0.778. The highest BCUT2D eigenvalue weighted by atomic mass is 19.3. The summed E-state index contributed by atoms with van der Waals surface area (Å²) in [6.45, 7) is 5.26. The average molecular weight is 192 g/mol. The van der Waals surface area contributed by atoms with Crippen LogP contribution in [0.15, 0.2) is 12.2 Å². The van der Waals surface area contributed by atoms with Gasteiger partial charge in [-0.15, -0.1) is 0 Å². The zero-order valence-corrected chi connectivity index (χ0v) is 7.92. The van der Waals surface area contributed by atoms with Gasteiger partial charge in [-0.3, -0.25) is 0 Å². The van der Waals surface area contributed by atoms with Crippen LogP contribution in [0.25, 0.3) is 0 Å². The quantitative estimate of drug-likeness (QED) is 0.641. The summed E-state index contributed by atoms with van der Waals surface area (Å²) >= 11 is 0. The Hall–Kier alpha value is -0.480. The number of aliphatic hydroxyl groups excluding tert-OH is 1. The lowest BCUT2D eigenvalue weighted by Crippen LogP contribution is -2.40. The normalized spacial score (nSPS) is 32.5. The first-order chi connectivity index (χ1) is 5.72. The molecule has 1 rings (SSSR count). The fourth-order valence-corrected chi connectivity index (χ4v) is 1.16. The van der Waals surface area contributed by atoms with Gasteiger partial charge in [0.15, 0.2) is 6.10 Å². The molecule has 4 heteroatoms. The van der Waals surface area contributed by atoms with Gasteiger partial charge in [0.2, 0.25) is 0 Å². The van der Waals surface area contributed by atoms with E-state index in [-0.39, 0.29) is 0 Å². The monoisotopic (exact) mass is 192 g/mol. The number of aliphatic hydroxyl groups is 1. The van der Waals surface area contributed by atoms with Crippen LogP contribution in [-0.4, -0.2) is 28.8 Å². The Bertz CT molecular complexity index is 218. The second-order valence-electron chi connectivity index (χ2n) is 4.17. The summed E-state index contributed by atoms with van der Waals surface area (Å²) < 4.78 is 30.7. The lowest BCUT2D eigenvalue weighted by atomic mass is 10.1. The zero-order chi connectivity index (χ0) is 10.3. The molecule has 0 aromatic rings. The van der Waals surface area contributed by atoms with E-state index in [0.29, 0.717) is 6.08 Å². The number of alkyl halides is 2. The highest BCUT2D eigenvalue weighted by Gasteiger charge is 2.46. The second kappa shape index (κ2) is 3.03. The van der Waals surface area contributed by atoms with Crippen LogP contribution in [0.4, 0.5) is 8.78 Å². The van der Waals surface area contributed by atoms with Gasteiger partial charge in [0.05, 0.1) is 5.60 Å². The average Bonchev–Trinajstić information content (AvgIpc) is 2.13.